The van der Waals surface area contributed by atoms with E-state index < -0.39 is 46.5 Å². The molecule has 0 aliphatic carbocycles. The molecule has 0 bridgehead atoms. The van der Waals surface area contributed by atoms with Crippen LogP contribution in [0.5, 0.6) is 0 Å². The molecular formula is C25H25NO7S2. The molecule has 8 nitrogen and oxygen atoms in total. The van der Waals surface area contributed by atoms with Crippen molar-refractivity contribution < 1.29 is 32.3 Å². The van der Waals surface area contributed by atoms with Crippen molar-refractivity contribution in [3.8, 4) is 11.1 Å². The summed E-state index contributed by atoms with van der Waals surface area (Å²) in [6.07, 6.45) is -0.394. The van der Waals surface area contributed by atoms with Gasteiger partial charge in [0.05, 0.1) is 23.7 Å². The van der Waals surface area contributed by atoms with Gasteiger partial charge >= 0.3 is 11.9 Å². The third-order valence-corrected chi connectivity index (χ3v) is 7.56. The van der Waals surface area contributed by atoms with Crippen molar-refractivity contribution >= 4 is 44.0 Å². The number of carbonyl (C=O) groups is 3. The van der Waals surface area contributed by atoms with Crippen molar-refractivity contribution in [2.45, 2.75) is 25.2 Å². The number of esters is 2. The molecule has 1 aromatic heterocycles. The average molecular weight is 516 g/mol. The molecule has 0 radical (unpaired) electrons. The van der Waals surface area contributed by atoms with Crippen molar-refractivity contribution in [2.75, 3.05) is 24.3 Å². The Kier molecular flexibility index (Phi) is 8.78. The summed E-state index contributed by atoms with van der Waals surface area (Å²) in [5, 5.41) is 4.59. The summed E-state index contributed by atoms with van der Waals surface area (Å²) in [5.41, 5.74) is 2.53. The highest BCUT2D eigenvalue weighted by Gasteiger charge is 2.23. The van der Waals surface area contributed by atoms with Crippen LogP contribution in [0.15, 0.2) is 64.9 Å². The van der Waals surface area contributed by atoms with Gasteiger partial charge in [0.1, 0.15) is 10.6 Å². The summed E-state index contributed by atoms with van der Waals surface area (Å²) in [6.45, 7) is 3.07. The number of anilines is 1. The minimum absolute atomic E-state index is 0.118. The number of sulfone groups is 1. The summed E-state index contributed by atoms with van der Waals surface area (Å²) in [4.78, 5) is 37.1. The average Bonchev–Trinajstić information content (AvgIpc) is 3.26. The summed E-state index contributed by atoms with van der Waals surface area (Å²) in [6, 6.07) is 15.5. The van der Waals surface area contributed by atoms with Gasteiger partial charge in [-0.1, -0.05) is 48.0 Å². The van der Waals surface area contributed by atoms with Crippen LogP contribution in [0.2, 0.25) is 0 Å². The van der Waals surface area contributed by atoms with Crippen LogP contribution < -0.4 is 5.32 Å². The Morgan fingerprint density at radius 3 is 2.31 bits per heavy atom. The molecule has 2 aromatic carbocycles. The number of hydrogen-bond donors (Lipinski definition) is 1. The van der Waals surface area contributed by atoms with Gasteiger partial charge in [-0.25, -0.2) is 13.2 Å². The lowest BCUT2D eigenvalue weighted by molar-refractivity contribution is -0.146. The molecule has 0 atom stereocenters. The number of benzene rings is 2. The molecular weight excluding hydrogens is 490 g/mol. The second-order valence-corrected chi connectivity index (χ2v) is 10.5. The van der Waals surface area contributed by atoms with E-state index in [2.05, 4.69) is 5.32 Å². The maximum atomic E-state index is 12.6. The maximum absolute atomic E-state index is 12.6. The van der Waals surface area contributed by atoms with Crippen LogP contribution in [0.25, 0.3) is 11.1 Å². The highest BCUT2D eigenvalue weighted by molar-refractivity contribution is 7.91. The fourth-order valence-corrected chi connectivity index (χ4v) is 5.34. The van der Waals surface area contributed by atoms with Gasteiger partial charge in [0.25, 0.3) is 5.91 Å². The molecule has 1 heterocycles. The van der Waals surface area contributed by atoms with Crippen LogP contribution in [0.4, 0.5) is 5.00 Å². The third-order valence-electron chi connectivity index (χ3n) is 4.93. The lowest BCUT2D eigenvalue weighted by atomic mass is 10.0. The molecule has 1 amide bonds. The van der Waals surface area contributed by atoms with Crippen molar-refractivity contribution in [3.63, 3.8) is 0 Å². The summed E-state index contributed by atoms with van der Waals surface area (Å²) >= 11 is 1.15. The predicted octanol–water partition coefficient (Wildman–Crippen LogP) is 4.25. The molecule has 0 saturated heterocycles. The first-order valence-electron chi connectivity index (χ1n) is 10.8. The van der Waals surface area contributed by atoms with Gasteiger partial charge in [-0.2, -0.15) is 0 Å². The minimum atomic E-state index is -3.65. The monoisotopic (exact) mass is 515 g/mol. The van der Waals surface area contributed by atoms with E-state index in [0.29, 0.717) is 5.56 Å². The topological polar surface area (TPSA) is 116 Å². The van der Waals surface area contributed by atoms with Gasteiger partial charge in [-0.3, -0.25) is 9.59 Å². The van der Waals surface area contributed by atoms with Crippen molar-refractivity contribution in [1.82, 2.24) is 0 Å². The first-order chi connectivity index (χ1) is 16.7. The normalized spacial score (nSPS) is 11.0. The molecule has 0 fully saturated rings. The van der Waals surface area contributed by atoms with Crippen molar-refractivity contribution in [2.24, 2.45) is 0 Å². The molecule has 3 rings (SSSR count). The molecule has 0 aliphatic heterocycles. The van der Waals surface area contributed by atoms with Crippen LogP contribution >= 0.6 is 11.3 Å². The van der Waals surface area contributed by atoms with Crippen LogP contribution in [-0.2, 0) is 28.9 Å². The zero-order valence-corrected chi connectivity index (χ0v) is 20.9. The van der Waals surface area contributed by atoms with E-state index in [4.69, 9.17) is 9.47 Å². The van der Waals surface area contributed by atoms with Gasteiger partial charge < -0.3 is 14.8 Å². The summed E-state index contributed by atoms with van der Waals surface area (Å²) in [5.74, 6) is -2.50. The molecule has 10 heteroatoms. The van der Waals surface area contributed by atoms with Gasteiger partial charge in [0.2, 0.25) is 0 Å². The van der Waals surface area contributed by atoms with E-state index in [9.17, 15) is 22.8 Å². The number of amides is 1. The van der Waals surface area contributed by atoms with Crippen LogP contribution in [-0.4, -0.2) is 45.2 Å². The van der Waals surface area contributed by atoms with Gasteiger partial charge in [-0.05, 0) is 31.5 Å². The molecule has 0 saturated carbocycles. The number of carbonyl (C=O) groups excluding carboxylic acids is 3. The number of ether oxygens (including phenoxy) is 2. The highest BCUT2D eigenvalue weighted by atomic mass is 32.2. The molecule has 1 N–H and O–H groups in total. The standard InChI is InChI=1S/C25H25NO7S2/c1-3-32-25(29)23-20(18-7-5-4-6-8-18)16-34-24(23)26-21(27)15-33-22(28)13-14-35(30,31)19-11-9-17(2)10-12-19/h4-12,16H,3,13-15H2,1-2H3,(H,26,27). The fraction of sp³-hybridized carbons (Fsp3) is 0.240. The Morgan fingerprint density at radius 2 is 1.66 bits per heavy atom. The number of hydrogen-bond acceptors (Lipinski definition) is 8. The molecule has 0 unspecified atom stereocenters. The van der Waals surface area contributed by atoms with E-state index in [1.54, 1.807) is 24.4 Å². The Labute approximate surface area is 207 Å². The Morgan fingerprint density at radius 1 is 0.971 bits per heavy atom. The van der Waals surface area contributed by atoms with E-state index in [0.717, 1.165) is 22.5 Å². The summed E-state index contributed by atoms with van der Waals surface area (Å²) in [7, 11) is -3.65. The maximum Gasteiger partial charge on any atom is 0.341 e. The third kappa shape index (κ3) is 7.00. The quantitative estimate of drug-likeness (QED) is 0.401. The number of rotatable bonds is 10. The lowest BCUT2D eigenvalue weighted by Crippen LogP contribution is -2.22. The Hall–Kier alpha value is -3.50. The van der Waals surface area contributed by atoms with E-state index >= 15 is 0 Å². The smallest absolute Gasteiger partial charge is 0.341 e. The van der Waals surface area contributed by atoms with Crippen molar-refractivity contribution in [3.05, 3.63) is 71.1 Å². The van der Waals surface area contributed by atoms with Gasteiger partial charge in [-0.15, -0.1) is 11.3 Å². The van der Waals surface area contributed by atoms with Crippen LogP contribution in [0.1, 0.15) is 29.3 Å². The zero-order valence-electron chi connectivity index (χ0n) is 19.3. The lowest BCUT2D eigenvalue weighted by Gasteiger charge is -2.09. The van der Waals surface area contributed by atoms with E-state index in [1.165, 1.54) is 12.1 Å². The van der Waals surface area contributed by atoms with Crippen molar-refractivity contribution in [1.29, 1.82) is 0 Å². The Bertz CT molecular complexity index is 1300. The second kappa shape index (κ2) is 11.8. The number of thiophene rings is 1. The predicted molar refractivity (Wildman–Crippen MR) is 133 cm³/mol. The van der Waals surface area contributed by atoms with E-state index in [1.807, 2.05) is 37.3 Å². The van der Waals surface area contributed by atoms with Gasteiger partial charge in [0.15, 0.2) is 16.4 Å². The van der Waals surface area contributed by atoms with Crippen LogP contribution in [0, 0.1) is 6.92 Å². The van der Waals surface area contributed by atoms with E-state index in [-0.39, 0.29) is 22.1 Å². The van der Waals surface area contributed by atoms with Gasteiger partial charge in [0, 0.05) is 10.9 Å². The first kappa shape index (κ1) is 26.1. The molecule has 0 aliphatic rings. The number of nitrogens with one attached hydrogen (secondary N) is 1. The highest BCUT2D eigenvalue weighted by Crippen LogP contribution is 2.36. The zero-order chi connectivity index (χ0) is 25.4. The molecule has 0 spiro atoms. The largest absolute Gasteiger partial charge is 0.462 e. The van der Waals surface area contributed by atoms with Crippen LogP contribution in [0.3, 0.4) is 0 Å². The second-order valence-electron chi connectivity index (χ2n) is 7.53. The molecule has 3 aromatic rings. The fourth-order valence-electron chi connectivity index (χ4n) is 3.15. The summed E-state index contributed by atoms with van der Waals surface area (Å²) < 4.78 is 34.8. The molecule has 35 heavy (non-hydrogen) atoms. The minimum Gasteiger partial charge on any atom is -0.462 e. The molecule has 184 valence electrons. The number of aryl methyl sites for hydroxylation is 1. The SMILES string of the molecule is CCOC(=O)c1c(-c2ccccc2)csc1NC(=O)COC(=O)CCS(=O)(=O)c1ccc(C)cc1. The first-order valence-corrected chi connectivity index (χ1v) is 13.3. The Balaban J connectivity index is 1.60.